The number of aromatic amines is 2. The summed E-state index contributed by atoms with van der Waals surface area (Å²) in [6.07, 6.45) is 3.83. The summed E-state index contributed by atoms with van der Waals surface area (Å²) < 4.78 is 0. The third kappa shape index (κ3) is 4.63. The molecule has 0 aliphatic heterocycles. The van der Waals surface area contributed by atoms with E-state index in [1.165, 1.54) is 0 Å². The monoisotopic (exact) mass is 367 g/mol. The molecule has 0 aliphatic rings. The Morgan fingerprint density at radius 3 is 2.78 bits per heavy atom. The number of nitrogens with zero attached hydrogens (tertiary/aromatic N) is 4. The summed E-state index contributed by atoms with van der Waals surface area (Å²) in [6.45, 7) is 6.18. The molecule has 0 saturated heterocycles. The number of H-pyrrole nitrogens is 2. The molecule has 0 radical (unpaired) electrons. The Labute approximate surface area is 155 Å². The standard InChI is InChI=1S/C18H21N7O2/c1-18(2,3)13-9-12(21-17(27)22-13)16(26)20-8-6-14-23-15(25-24-14)11-5-4-7-19-10-11/h4-5,7,9-10H,6,8H2,1-3H3,(H,20,26)(H,21,22,27)(H,23,24,25). The highest BCUT2D eigenvalue weighted by molar-refractivity contribution is 5.92. The van der Waals surface area contributed by atoms with Crippen LogP contribution in [0.5, 0.6) is 0 Å². The molecular formula is C18H21N7O2. The van der Waals surface area contributed by atoms with E-state index in [2.05, 4.69) is 35.5 Å². The first-order valence-electron chi connectivity index (χ1n) is 8.54. The van der Waals surface area contributed by atoms with Crippen molar-refractivity contribution in [3.63, 3.8) is 0 Å². The summed E-state index contributed by atoms with van der Waals surface area (Å²) in [5.41, 5.74) is 0.733. The van der Waals surface area contributed by atoms with E-state index < -0.39 is 11.6 Å². The maximum absolute atomic E-state index is 12.3. The second-order valence-electron chi connectivity index (χ2n) is 7.09. The molecular weight excluding hydrogens is 346 g/mol. The maximum atomic E-state index is 12.3. The first kappa shape index (κ1) is 18.4. The SMILES string of the molecule is CC(C)(C)c1cc(C(=O)NCCc2nc(-c3cccnc3)n[nH]2)nc(=O)[nH]1. The number of nitrogens with one attached hydrogen (secondary N) is 3. The van der Waals surface area contributed by atoms with E-state index in [1.807, 2.05) is 32.9 Å². The number of rotatable bonds is 5. The molecule has 0 spiro atoms. The molecule has 3 rings (SSSR count). The highest BCUT2D eigenvalue weighted by atomic mass is 16.2. The Morgan fingerprint density at radius 2 is 2.07 bits per heavy atom. The van der Waals surface area contributed by atoms with Crippen molar-refractivity contribution in [2.75, 3.05) is 6.54 Å². The molecule has 0 atom stereocenters. The van der Waals surface area contributed by atoms with Crippen molar-refractivity contribution in [2.45, 2.75) is 32.6 Å². The fraction of sp³-hybridized carbons (Fsp3) is 0.333. The van der Waals surface area contributed by atoms with Gasteiger partial charge in [0.1, 0.15) is 11.5 Å². The van der Waals surface area contributed by atoms with Crippen LogP contribution in [-0.4, -0.2) is 42.6 Å². The Balaban J connectivity index is 1.61. The molecule has 3 heterocycles. The van der Waals surface area contributed by atoms with E-state index in [9.17, 15) is 9.59 Å². The lowest BCUT2D eigenvalue weighted by Crippen LogP contribution is -2.31. The number of carbonyl (C=O) groups excluding carboxylic acids is 1. The van der Waals surface area contributed by atoms with Gasteiger partial charge in [-0.2, -0.15) is 10.1 Å². The lowest BCUT2D eigenvalue weighted by Gasteiger charge is -2.18. The average molecular weight is 367 g/mol. The molecule has 0 saturated carbocycles. The topological polar surface area (TPSA) is 129 Å². The van der Waals surface area contributed by atoms with Gasteiger partial charge in [-0.1, -0.05) is 20.8 Å². The number of hydrogen-bond acceptors (Lipinski definition) is 6. The normalized spacial score (nSPS) is 11.4. The zero-order valence-corrected chi connectivity index (χ0v) is 15.4. The Hall–Kier alpha value is -3.36. The Bertz CT molecular complexity index is 987. The van der Waals surface area contributed by atoms with Crippen molar-refractivity contribution in [1.29, 1.82) is 0 Å². The van der Waals surface area contributed by atoms with Crippen LogP contribution < -0.4 is 11.0 Å². The van der Waals surface area contributed by atoms with Gasteiger partial charge >= 0.3 is 5.69 Å². The second kappa shape index (κ2) is 7.48. The molecule has 0 bridgehead atoms. The van der Waals surface area contributed by atoms with Gasteiger partial charge in [-0.25, -0.2) is 9.78 Å². The molecule has 3 aromatic heterocycles. The lowest BCUT2D eigenvalue weighted by molar-refractivity contribution is 0.0948. The zero-order chi connectivity index (χ0) is 19.4. The fourth-order valence-electron chi connectivity index (χ4n) is 2.39. The number of aromatic nitrogens is 6. The molecule has 3 N–H and O–H groups in total. The van der Waals surface area contributed by atoms with Crippen molar-refractivity contribution >= 4 is 5.91 Å². The van der Waals surface area contributed by atoms with Crippen molar-refractivity contribution in [2.24, 2.45) is 0 Å². The summed E-state index contributed by atoms with van der Waals surface area (Å²) >= 11 is 0. The minimum absolute atomic E-state index is 0.0947. The first-order chi connectivity index (χ1) is 12.8. The number of amides is 1. The van der Waals surface area contributed by atoms with Crippen LogP contribution in [0.3, 0.4) is 0 Å². The van der Waals surface area contributed by atoms with Crippen molar-refractivity contribution in [1.82, 2.24) is 35.5 Å². The fourth-order valence-corrected chi connectivity index (χ4v) is 2.39. The van der Waals surface area contributed by atoms with Crippen LogP contribution in [0.2, 0.25) is 0 Å². The van der Waals surface area contributed by atoms with Gasteiger partial charge in [0.2, 0.25) is 0 Å². The minimum atomic E-state index is -0.538. The van der Waals surface area contributed by atoms with Gasteiger partial charge < -0.3 is 10.3 Å². The molecule has 9 heteroatoms. The molecule has 3 aromatic rings. The molecule has 140 valence electrons. The molecule has 1 amide bonds. The van der Waals surface area contributed by atoms with E-state index in [0.717, 1.165) is 5.56 Å². The van der Waals surface area contributed by atoms with Gasteiger partial charge in [-0.05, 0) is 18.2 Å². The van der Waals surface area contributed by atoms with E-state index >= 15 is 0 Å². The summed E-state index contributed by atoms with van der Waals surface area (Å²) in [5, 5.41) is 9.74. The summed E-state index contributed by atoms with van der Waals surface area (Å²) in [7, 11) is 0. The lowest BCUT2D eigenvalue weighted by atomic mass is 9.91. The zero-order valence-electron chi connectivity index (χ0n) is 15.4. The summed E-state index contributed by atoms with van der Waals surface area (Å²) in [6, 6.07) is 5.28. The van der Waals surface area contributed by atoms with Crippen LogP contribution in [0, 0.1) is 0 Å². The molecule has 0 unspecified atom stereocenters. The largest absolute Gasteiger partial charge is 0.350 e. The van der Waals surface area contributed by atoms with Gasteiger partial charge in [0.05, 0.1) is 0 Å². The van der Waals surface area contributed by atoms with E-state index in [-0.39, 0.29) is 11.1 Å². The van der Waals surface area contributed by atoms with Crippen molar-refractivity contribution < 1.29 is 4.79 Å². The van der Waals surface area contributed by atoms with Gasteiger partial charge in [-0.3, -0.25) is 14.9 Å². The van der Waals surface area contributed by atoms with E-state index in [1.54, 1.807) is 18.5 Å². The highest BCUT2D eigenvalue weighted by Gasteiger charge is 2.18. The van der Waals surface area contributed by atoms with Gasteiger partial charge in [0, 0.05) is 42.0 Å². The predicted molar refractivity (Wildman–Crippen MR) is 99.2 cm³/mol. The van der Waals surface area contributed by atoms with Crippen LogP contribution >= 0.6 is 0 Å². The summed E-state index contributed by atoms with van der Waals surface area (Å²) in [4.78, 5) is 38.9. The Morgan fingerprint density at radius 1 is 1.26 bits per heavy atom. The molecule has 27 heavy (non-hydrogen) atoms. The van der Waals surface area contributed by atoms with Crippen LogP contribution in [0.15, 0.2) is 35.4 Å². The third-order valence-electron chi connectivity index (χ3n) is 3.88. The van der Waals surface area contributed by atoms with Crippen LogP contribution in [-0.2, 0) is 11.8 Å². The highest BCUT2D eigenvalue weighted by Crippen LogP contribution is 2.18. The van der Waals surface area contributed by atoms with Gasteiger partial charge in [-0.15, -0.1) is 0 Å². The molecule has 0 aliphatic carbocycles. The minimum Gasteiger partial charge on any atom is -0.350 e. The third-order valence-corrected chi connectivity index (χ3v) is 3.88. The molecule has 0 fully saturated rings. The smallest absolute Gasteiger partial charge is 0.345 e. The quantitative estimate of drug-likeness (QED) is 0.622. The van der Waals surface area contributed by atoms with Gasteiger partial charge in [0.15, 0.2) is 5.82 Å². The van der Waals surface area contributed by atoms with Crippen molar-refractivity contribution in [3.8, 4) is 11.4 Å². The Kier molecular flexibility index (Phi) is 5.11. The van der Waals surface area contributed by atoms with E-state index in [0.29, 0.717) is 30.3 Å². The van der Waals surface area contributed by atoms with Crippen LogP contribution in [0.1, 0.15) is 42.8 Å². The molecule has 0 aromatic carbocycles. The summed E-state index contributed by atoms with van der Waals surface area (Å²) in [5.74, 6) is 0.789. The van der Waals surface area contributed by atoms with Crippen LogP contribution in [0.25, 0.3) is 11.4 Å². The number of carbonyl (C=O) groups is 1. The first-order valence-corrected chi connectivity index (χ1v) is 8.54. The van der Waals surface area contributed by atoms with Gasteiger partial charge in [0.25, 0.3) is 5.91 Å². The second-order valence-corrected chi connectivity index (χ2v) is 7.09. The molecule has 9 nitrogen and oxygen atoms in total. The maximum Gasteiger partial charge on any atom is 0.345 e. The average Bonchev–Trinajstić information content (AvgIpc) is 3.10. The van der Waals surface area contributed by atoms with Crippen LogP contribution in [0.4, 0.5) is 0 Å². The van der Waals surface area contributed by atoms with Crippen molar-refractivity contribution in [3.05, 3.63) is 58.3 Å². The van der Waals surface area contributed by atoms with E-state index in [4.69, 9.17) is 0 Å². The predicted octanol–water partition coefficient (Wildman–Crippen LogP) is 1.22. The number of pyridine rings is 1. The number of hydrogen-bond donors (Lipinski definition) is 3.